The predicted molar refractivity (Wildman–Crippen MR) is 71.7 cm³/mol. The summed E-state index contributed by atoms with van der Waals surface area (Å²) < 4.78 is 21.1. The highest BCUT2D eigenvalue weighted by molar-refractivity contribution is 6.67. The van der Waals surface area contributed by atoms with Crippen molar-refractivity contribution < 1.29 is 17.4 Å². The quantitative estimate of drug-likeness (QED) is 0.396. The van der Waals surface area contributed by atoms with Gasteiger partial charge in [-0.05, 0) is 25.9 Å². The van der Waals surface area contributed by atoms with Gasteiger partial charge >= 0.3 is 18.1 Å². The maximum Gasteiger partial charge on any atom is 0.695 e. The van der Waals surface area contributed by atoms with Gasteiger partial charge in [-0.3, -0.25) is 0 Å². The third-order valence-corrected chi connectivity index (χ3v) is 8.33. The molecule has 0 aromatic heterocycles. The summed E-state index contributed by atoms with van der Waals surface area (Å²) >= 11 is 0. The Morgan fingerprint density at radius 1 is 1.06 bits per heavy atom. The van der Waals surface area contributed by atoms with Gasteiger partial charge in [0.2, 0.25) is 0 Å². The van der Waals surface area contributed by atoms with Gasteiger partial charge in [0.15, 0.2) is 0 Å². The first-order valence-corrected chi connectivity index (χ1v) is 9.34. The van der Waals surface area contributed by atoms with Crippen LogP contribution in [0.15, 0.2) is 0 Å². The third kappa shape index (κ3) is 6.62. The molecule has 0 unspecified atom stereocenters. The van der Waals surface area contributed by atoms with E-state index in [0.29, 0.717) is 13.1 Å². The minimum Gasteiger partial charge on any atom is -0.562 e. The van der Waals surface area contributed by atoms with Crippen molar-refractivity contribution in [2.24, 2.45) is 11.5 Å². The summed E-state index contributed by atoms with van der Waals surface area (Å²) in [6.07, 6.45) is 1.77. The van der Waals surface area contributed by atoms with E-state index in [0.717, 1.165) is 24.9 Å². The lowest BCUT2D eigenvalue weighted by Crippen LogP contribution is -2.52. The number of hydrogen-bond acceptors (Lipinski definition) is 5. The molecule has 0 aromatic rings. The molecule has 8 heteroatoms. The second kappa shape index (κ2) is 10.1. The minimum absolute atomic E-state index is 0.620. The maximum absolute atomic E-state index is 5.52. The summed E-state index contributed by atoms with van der Waals surface area (Å²) in [5.41, 5.74) is 11.0. The molecule has 0 heterocycles. The van der Waals surface area contributed by atoms with Crippen molar-refractivity contribution in [1.82, 2.24) is 0 Å². The lowest BCUT2D eigenvalue weighted by atomic mass is 10.5. The molecule has 0 fully saturated rings. The van der Waals surface area contributed by atoms with Gasteiger partial charge in [0.05, 0.1) is 6.04 Å². The summed E-state index contributed by atoms with van der Waals surface area (Å²) in [6, 6.07) is 1.67. The summed E-state index contributed by atoms with van der Waals surface area (Å²) in [7, 11) is 1.26. The van der Waals surface area contributed by atoms with Crippen LogP contribution in [-0.2, 0) is 13.3 Å². The van der Waals surface area contributed by atoms with Gasteiger partial charge < -0.3 is 28.9 Å². The van der Waals surface area contributed by atoms with Crippen molar-refractivity contribution in [3.63, 3.8) is 0 Å². The van der Waals surface area contributed by atoms with E-state index in [1.165, 1.54) is 0 Å². The number of rotatable bonds is 11. The molecule has 0 bridgehead atoms. The van der Waals surface area contributed by atoms with Gasteiger partial charge in [-0.15, -0.1) is 0 Å². The van der Waals surface area contributed by atoms with Gasteiger partial charge in [-0.2, -0.15) is 0 Å². The molecule has 0 aliphatic carbocycles. The highest BCUT2D eigenvalue weighted by atomic mass is 28.4. The molecule has 0 aliphatic heterocycles. The van der Waals surface area contributed by atoms with Crippen LogP contribution in [-0.4, -0.2) is 56.6 Å². The average molecular weight is 282 g/mol. The molecule has 5 N–H and O–H groups in total. The van der Waals surface area contributed by atoms with E-state index in [2.05, 4.69) is 0 Å². The summed E-state index contributed by atoms with van der Waals surface area (Å²) in [4.78, 5) is 0. The van der Waals surface area contributed by atoms with E-state index >= 15 is 0 Å². The van der Waals surface area contributed by atoms with Gasteiger partial charge in [-0.25, -0.2) is 0 Å². The SMILES string of the molecule is CO[Si](CCCN)[OH+][Si](CCCN)(OC)OC. The number of hydrogen-bond donors (Lipinski definition) is 2. The van der Waals surface area contributed by atoms with Gasteiger partial charge in [0.1, 0.15) is 0 Å². The monoisotopic (exact) mass is 282 g/mol. The van der Waals surface area contributed by atoms with Crippen molar-refractivity contribution in [2.45, 2.75) is 24.9 Å². The highest BCUT2D eigenvalue weighted by Gasteiger charge is 2.52. The Bertz CT molecular complexity index is 184. The first-order valence-electron chi connectivity index (χ1n) is 5.81. The normalized spacial score (nSPS) is 12.4. The Labute approximate surface area is 107 Å². The zero-order valence-electron chi connectivity index (χ0n) is 11.1. The Morgan fingerprint density at radius 2 is 1.65 bits per heavy atom. The zero-order chi connectivity index (χ0) is 13.1. The van der Waals surface area contributed by atoms with Crippen LogP contribution in [0.1, 0.15) is 12.8 Å². The summed E-state index contributed by atoms with van der Waals surface area (Å²) in [5.74, 6) is 0. The van der Waals surface area contributed by atoms with Crippen LogP contribution in [0.4, 0.5) is 0 Å². The molecule has 0 rings (SSSR count). The Morgan fingerprint density at radius 3 is 2.06 bits per heavy atom. The lowest BCUT2D eigenvalue weighted by Gasteiger charge is -2.23. The number of nitrogens with two attached hydrogens (primary N) is 2. The lowest BCUT2D eigenvalue weighted by molar-refractivity contribution is 0.0728. The second-order valence-corrected chi connectivity index (χ2v) is 8.95. The van der Waals surface area contributed by atoms with E-state index in [-0.39, 0.29) is 0 Å². The van der Waals surface area contributed by atoms with Crippen LogP contribution >= 0.6 is 0 Å². The first-order chi connectivity index (χ1) is 8.17. The zero-order valence-corrected chi connectivity index (χ0v) is 13.1. The summed E-state index contributed by atoms with van der Waals surface area (Å²) in [5, 5.41) is 0. The molecule has 0 saturated carbocycles. The highest BCUT2D eigenvalue weighted by Crippen LogP contribution is 2.16. The molecule has 6 nitrogen and oxygen atoms in total. The van der Waals surface area contributed by atoms with Crippen LogP contribution in [0.2, 0.25) is 12.1 Å². The average Bonchev–Trinajstić information content (AvgIpc) is 2.39. The van der Waals surface area contributed by atoms with Crippen LogP contribution in [0, 0.1) is 0 Å². The minimum atomic E-state index is -2.47. The topological polar surface area (TPSA) is 92.5 Å². The standard InChI is InChI=1S/C9H26N2O4Si2/c1-12-16(8-4-6-10)15-17(13-2,14-3)9-5-7-11/h15H,4-11H2,1-3H3/q+1. The van der Waals surface area contributed by atoms with E-state index in [1.54, 1.807) is 21.3 Å². The van der Waals surface area contributed by atoms with Crippen LogP contribution in [0.5, 0.6) is 0 Å². The van der Waals surface area contributed by atoms with Crippen LogP contribution < -0.4 is 11.5 Å². The molecular formula is C9H26N2O4Si2+. The molecule has 17 heavy (non-hydrogen) atoms. The van der Waals surface area contributed by atoms with Crippen molar-refractivity contribution in [2.75, 3.05) is 34.4 Å². The Kier molecular flexibility index (Phi) is 10.3. The molecular weight excluding hydrogens is 256 g/mol. The largest absolute Gasteiger partial charge is 0.695 e. The van der Waals surface area contributed by atoms with Crippen molar-refractivity contribution in [3.05, 3.63) is 0 Å². The van der Waals surface area contributed by atoms with Crippen molar-refractivity contribution in [3.8, 4) is 0 Å². The smallest absolute Gasteiger partial charge is 0.562 e. The van der Waals surface area contributed by atoms with E-state index in [9.17, 15) is 0 Å². The fourth-order valence-corrected chi connectivity index (χ4v) is 6.85. The van der Waals surface area contributed by atoms with Crippen LogP contribution in [0.3, 0.4) is 0 Å². The third-order valence-electron chi connectivity index (χ3n) is 2.46. The van der Waals surface area contributed by atoms with E-state index < -0.39 is 18.1 Å². The first kappa shape index (κ1) is 17.2. The van der Waals surface area contributed by atoms with E-state index in [4.69, 9.17) is 28.9 Å². The molecule has 0 spiro atoms. The molecule has 0 aromatic carbocycles. The fourth-order valence-electron chi connectivity index (χ4n) is 1.41. The van der Waals surface area contributed by atoms with Crippen LogP contribution in [0.25, 0.3) is 0 Å². The Hall–Kier alpha value is 0.194. The Balaban J connectivity index is 4.36. The molecule has 1 radical (unpaired) electrons. The maximum atomic E-state index is 5.52. The van der Waals surface area contributed by atoms with E-state index in [1.807, 2.05) is 0 Å². The molecule has 0 saturated heterocycles. The van der Waals surface area contributed by atoms with Gasteiger partial charge in [0, 0.05) is 27.4 Å². The van der Waals surface area contributed by atoms with Crippen molar-refractivity contribution in [1.29, 1.82) is 0 Å². The van der Waals surface area contributed by atoms with Gasteiger partial charge in [-0.1, -0.05) is 0 Å². The molecule has 0 atom stereocenters. The molecule has 0 aliphatic rings. The molecule has 103 valence electrons. The van der Waals surface area contributed by atoms with Gasteiger partial charge in [0.25, 0.3) is 0 Å². The van der Waals surface area contributed by atoms with Crippen molar-refractivity contribution >= 4 is 18.1 Å². The molecule has 0 amide bonds. The summed E-state index contributed by atoms with van der Waals surface area (Å²) in [6.45, 7) is 1.28. The predicted octanol–water partition coefficient (Wildman–Crippen LogP) is -0.422. The second-order valence-electron chi connectivity index (χ2n) is 3.62. The fraction of sp³-hybridized carbons (Fsp3) is 1.00.